The van der Waals surface area contributed by atoms with Crippen LogP contribution in [0.5, 0.6) is 0 Å². The molecule has 2 N–H and O–H groups in total. The molecule has 0 aliphatic carbocycles. The van der Waals surface area contributed by atoms with Crippen molar-refractivity contribution in [3.8, 4) is 0 Å². The molecule has 0 aliphatic rings. The van der Waals surface area contributed by atoms with E-state index >= 15 is 0 Å². The third-order valence-corrected chi connectivity index (χ3v) is 3.26. The monoisotopic (exact) mass is 258 g/mol. The summed E-state index contributed by atoms with van der Waals surface area (Å²) in [5.74, 6) is -0.0454. The van der Waals surface area contributed by atoms with Crippen molar-refractivity contribution in [2.24, 2.45) is 0 Å². The summed E-state index contributed by atoms with van der Waals surface area (Å²) in [5.41, 5.74) is -0.225. The zero-order chi connectivity index (χ0) is 12.8. The maximum Gasteiger partial charge on any atom is 0.343 e. The van der Waals surface area contributed by atoms with Crippen LogP contribution in [0.4, 0.5) is 0 Å². The molecule has 1 heterocycles. The van der Waals surface area contributed by atoms with E-state index in [0.29, 0.717) is 18.2 Å². The van der Waals surface area contributed by atoms with E-state index in [2.05, 4.69) is 15.5 Å². The number of rotatable bonds is 6. The molecule has 0 spiro atoms. The van der Waals surface area contributed by atoms with Crippen LogP contribution in [-0.4, -0.2) is 32.5 Å². The Morgan fingerprint density at radius 1 is 1.59 bits per heavy atom. The van der Waals surface area contributed by atoms with E-state index in [1.165, 1.54) is 11.8 Å². The maximum absolute atomic E-state index is 11.6. The predicted octanol–water partition coefficient (Wildman–Crippen LogP) is 0.598. The fourth-order valence-electron chi connectivity index (χ4n) is 1.34. The third kappa shape index (κ3) is 3.62. The zero-order valence-corrected chi connectivity index (χ0v) is 11.1. The van der Waals surface area contributed by atoms with E-state index in [-0.39, 0.29) is 16.8 Å². The molecule has 7 heteroatoms. The summed E-state index contributed by atoms with van der Waals surface area (Å²) in [6.07, 6.45) is 0.850. The van der Waals surface area contributed by atoms with E-state index in [9.17, 15) is 9.59 Å². The Bertz CT molecular complexity index is 426. The fourth-order valence-corrected chi connectivity index (χ4v) is 2.25. The number of carbonyl (C=O) groups is 1. The molecule has 1 aromatic rings. The van der Waals surface area contributed by atoms with Gasteiger partial charge in [-0.15, -0.1) is 5.10 Å². The zero-order valence-electron chi connectivity index (χ0n) is 10.3. The standard InChI is InChI=1S/C10H18N4O2S/c1-4-6-14-9(16)12-13-10(14)17-7(3)8(15)11-5-2/h7H,4-6H2,1-3H3,(H,11,15)(H,12,16)/t7-/m0/s1. The lowest BCUT2D eigenvalue weighted by Gasteiger charge is -2.10. The number of nitrogens with one attached hydrogen (secondary N) is 2. The minimum absolute atomic E-state index is 0.0454. The van der Waals surface area contributed by atoms with Crippen LogP contribution in [0.3, 0.4) is 0 Å². The number of aromatic amines is 1. The van der Waals surface area contributed by atoms with Crippen molar-refractivity contribution >= 4 is 17.7 Å². The highest BCUT2D eigenvalue weighted by Crippen LogP contribution is 2.19. The SMILES string of the molecule is CCCn1c(S[C@@H](C)C(=O)NCC)n[nH]c1=O. The molecule has 0 unspecified atom stereocenters. The Hall–Kier alpha value is -1.24. The van der Waals surface area contributed by atoms with Gasteiger partial charge in [0.2, 0.25) is 5.91 Å². The van der Waals surface area contributed by atoms with Crippen molar-refractivity contribution in [1.82, 2.24) is 20.1 Å². The van der Waals surface area contributed by atoms with Gasteiger partial charge in [-0.2, -0.15) is 0 Å². The van der Waals surface area contributed by atoms with Crippen LogP contribution in [0.2, 0.25) is 0 Å². The summed E-state index contributed by atoms with van der Waals surface area (Å²) in [5, 5.41) is 9.37. The number of carbonyl (C=O) groups excluding carboxylic acids is 1. The van der Waals surface area contributed by atoms with Gasteiger partial charge in [-0.1, -0.05) is 18.7 Å². The molecule has 0 aliphatic heterocycles. The maximum atomic E-state index is 11.6. The summed E-state index contributed by atoms with van der Waals surface area (Å²) in [6, 6.07) is 0. The highest BCUT2D eigenvalue weighted by molar-refractivity contribution is 8.00. The van der Waals surface area contributed by atoms with Gasteiger partial charge in [-0.25, -0.2) is 9.89 Å². The molecular formula is C10H18N4O2S. The molecule has 17 heavy (non-hydrogen) atoms. The second-order valence-electron chi connectivity index (χ2n) is 3.62. The van der Waals surface area contributed by atoms with Gasteiger partial charge >= 0.3 is 5.69 Å². The van der Waals surface area contributed by atoms with Crippen molar-refractivity contribution in [2.75, 3.05) is 6.54 Å². The van der Waals surface area contributed by atoms with Crippen molar-refractivity contribution in [3.63, 3.8) is 0 Å². The van der Waals surface area contributed by atoms with E-state index in [0.717, 1.165) is 6.42 Å². The summed E-state index contributed by atoms with van der Waals surface area (Å²) < 4.78 is 1.56. The van der Waals surface area contributed by atoms with Gasteiger partial charge < -0.3 is 5.32 Å². The first kappa shape index (κ1) is 13.8. The molecule has 96 valence electrons. The summed E-state index contributed by atoms with van der Waals surface area (Å²) in [6.45, 7) is 6.87. The molecule has 0 aromatic carbocycles. The average molecular weight is 258 g/mol. The number of H-pyrrole nitrogens is 1. The summed E-state index contributed by atoms with van der Waals surface area (Å²) >= 11 is 1.29. The van der Waals surface area contributed by atoms with Crippen molar-refractivity contribution in [3.05, 3.63) is 10.5 Å². The van der Waals surface area contributed by atoms with Crippen LogP contribution in [0.25, 0.3) is 0 Å². The smallest absolute Gasteiger partial charge is 0.343 e. The molecule has 0 fully saturated rings. The van der Waals surface area contributed by atoms with Gasteiger partial charge in [0.25, 0.3) is 0 Å². The first-order valence-electron chi connectivity index (χ1n) is 5.69. The highest BCUT2D eigenvalue weighted by Gasteiger charge is 2.17. The molecule has 1 rings (SSSR count). The lowest BCUT2D eigenvalue weighted by atomic mass is 10.4. The molecule has 1 atom stereocenters. The van der Waals surface area contributed by atoms with Crippen molar-refractivity contribution < 1.29 is 4.79 Å². The molecule has 1 amide bonds. The number of nitrogens with zero attached hydrogens (tertiary/aromatic N) is 2. The summed E-state index contributed by atoms with van der Waals surface area (Å²) in [7, 11) is 0. The molecule has 0 saturated heterocycles. The lowest BCUT2D eigenvalue weighted by molar-refractivity contribution is -0.120. The van der Waals surface area contributed by atoms with Crippen LogP contribution >= 0.6 is 11.8 Å². The summed E-state index contributed by atoms with van der Waals surface area (Å²) in [4.78, 5) is 23.0. The van der Waals surface area contributed by atoms with Crippen LogP contribution in [0.15, 0.2) is 9.95 Å². The normalized spacial score (nSPS) is 12.4. The molecule has 6 nitrogen and oxygen atoms in total. The van der Waals surface area contributed by atoms with Gasteiger partial charge in [0.05, 0.1) is 5.25 Å². The van der Waals surface area contributed by atoms with E-state index in [1.54, 1.807) is 11.5 Å². The van der Waals surface area contributed by atoms with Crippen LogP contribution < -0.4 is 11.0 Å². The first-order chi connectivity index (χ1) is 8.10. The van der Waals surface area contributed by atoms with Crippen molar-refractivity contribution in [2.45, 2.75) is 44.1 Å². The molecule has 1 aromatic heterocycles. The second-order valence-corrected chi connectivity index (χ2v) is 4.93. The van der Waals surface area contributed by atoms with Gasteiger partial charge in [-0.05, 0) is 20.3 Å². The Labute approximate surface area is 104 Å². The second kappa shape index (κ2) is 6.48. The Morgan fingerprint density at radius 3 is 2.88 bits per heavy atom. The Morgan fingerprint density at radius 2 is 2.29 bits per heavy atom. The van der Waals surface area contributed by atoms with Gasteiger partial charge in [0.1, 0.15) is 0 Å². The van der Waals surface area contributed by atoms with Gasteiger partial charge in [-0.3, -0.25) is 9.36 Å². The predicted molar refractivity (Wildman–Crippen MR) is 67.1 cm³/mol. The van der Waals surface area contributed by atoms with Crippen LogP contribution in [-0.2, 0) is 11.3 Å². The number of thioether (sulfide) groups is 1. The number of amides is 1. The minimum atomic E-state index is -0.263. The first-order valence-corrected chi connectivity index (χ1v) is 6.57. The average Bonchev–Trinajstić information content (AvgIpc) is 2.62. The fraction of sp³-hybridized carbons (Fsp3) is 0.700. The quantitative estimate of drug-likeness (QED) is 0.732. The Balaban J connectivity index is 2.74. The topological polar surface area (TPSA) is 79.8 Å². The van der Waals surface area contributed by atoms with E-state index in [1.807, 2.05) is 13.8 Å². The van der Waals surface area contributed by atoms with E-state index in [4.69, 9.17) is 0 Å². The van der Waals surface area contributed by atoms with Gasteiger partial charge in [0.15, 0.2) is 5.16 Å². The van der Waals surface area contributed by atoms with Crippen LogP contribution in [0, 0.1) is 0 Å². The lowest BCUT2D eigenvalue weighted by Crippen LogP contribution is -2.31. The van der Waals surface area contributed by atoms with Crippen LogP contribution in [0.1, 0.15) is 27.2 Å². The number of aromatic nitrogens is 3. The number of hydrogen-bond donors (Lipinski definition) is 2. The highest BCUT2D eigenvalue weighted by atomic mass is 32.2. The molecule has 0 bridgehead atoms. The number of hydrogen-bond acceptors (Lipinski definition) is 4. The largest absolute Gasteiger partial charge is 0.355 e. The Kier molecular flexibility index (Phi) is 5.27. The van der Waals surface area contributed by atoms with Gasteiger partial charge in [0, 0.05) is 13.1 Å². The molecule has 0 radical (unpaired) electrons. The van der Waals surface area contributed by atoms with E-state index < -0.39 is 0 Å². The molecule has 0 saturated carbocycles. The van der Waals surface area contributed by atoms with Crippen molar-refractivity contribution in [1.29, 1.82) is 0 Å². The minimum Gasteiger partial charge on any atom is -0.355 e. The third-order valence-electron chi connectivity index (χ3n) is 2.17. The molecular weight excluding hydrogens is 240 g/mol.